The van der Waals surface area contributed by atoms with E-state index in [-0.39, 0.29) is 71.9 Å². The van der Waals surface area contributed by atoms with Gasteiger partial charge in [-0.3, -0.25) is 24.1 Å². The molecular weight excluding hydrogens is 763 g/mol. The number of benzene rings is 3. The highest BCUT2D eigenvalue weighted by molar-refractivity contribution is 8.76. The summed E-state index contributed by atoms with van der Waals surface area (Å²) in [5.41, 5.74) is 1.52. The maximum absolute atomic E-state index is 13.7. The quantitative estimate of drug-likeness (QED) is 0.0878. The Labute approximate surface area is 321 Å². The SMILES string of the molecule is O=C(O)[C@@H]1CSC(c2ccccc2O)N1C(=O)CCSSCCC(=O)N1C(c2ccccc2O)SC[C@H]1C(=O)OCCN1C(=O)c2ccccc2C1=O. The summed E-state index contributed by atoms with van der Waals surface area (Å²) in [6.45, 7) is -0.398. The van der Waals surface area contributed by atoms with Gasteiger partial charge in [0.05, 0.1) is 17.7 Å². The predicted octanol–water partition coefficient (Wildman–Crippen LogP) is 4.77. The lowest BCUT2D eigenvalue weighted by Gasteiger charge is -2.29. The molecule has 3 N–H and O–H groups in total. The van der Waals surface area contributed by atoms with Crippen LogP contribution in [0.1, 0.15) is 55.4 Å². The first kappa shape index (κ1) is 38.4. The van der Waals surface area contributed by atoms with Crippen molar-refractivity contribution in [2.45, 2.75) is 35.7 Å². The lowest BCUT2D eigenvalue weighted by atomic mass is 10.1. The lowest BCUT2D eigenvalue weighted by molar-refractivity contribution is -0.154. The molecule has 4 atom stereocenters. The third kappa shape index (κ3) is 8.27. The van der Waals surface area contributed by atoms with Gasteiger partial charge in [-0.25, -0.2) is 9.59 Å². The normalized spacial score (nSPS) is 20.9. The first-order valence-electron chi connectivity index (χ1n) is 16.6. The summed E-state index contributed by atoms with van der Waals surface area (Å²) in [5, 5.41) is 29.4. The fourth-order valence-electron chi connectivity index (χ4n) is 6.28. The Balaban J connectivity index is 1.02. The monoisotopic (exact) mass is 797 g/mol. The summed E-state index contributed by atoms with van der Waals surface area (Å²) in [5.74, 6) is -2.40. The van der Waals surface area contributed by atoms with Crippen molar-refractivity contribution in [3.05, 3.63) is 95.1 Å². The standard InChI is InChI=1S/C36H35N3O10S4/c40-27-11-5-3-9-23(27)33-38(25(19-50-33)35(46)47)29(42)13-17-52-53-18-14-30(43)39-26(20-51-34(39)24-10-4-6-12-28(24)41)36(48)49-16-15-37-31(44)21-7-1-2-8-22(21)32(37)45/h1-12,25-26,33-34,40-41H,13-20H2,(H,46,47)/t25-,26-,33?,34?/m0/s1. The number of ether oxygens (including phenoxy) is 1. The smallest absolute Gasteiger partial charge is 0.329 e. The summed E-state index contributed by atoms with van der Waals surface area (Å²) in [6.07, 6.45) is 0.0844. The highest BCUT2D eigenvalue weighted by atomic mass is 33.1. The van der Waals surface area contributed by atoms with E-state index in [2.05, 4.69) is 0 Å². The number of imide groups is 1. The molecular formula is C36H35N3O10S4. The average Bonchev–Trinajstić information content (AvgIpc) is 3.86. The molecule has 0 saturated carbocycles. The molecule has 3 heterocycles. The Morgan fingerprint density at radius 3 is 1.64 bits per heavy atom. The number of fused-ring (bicyclic) bond motifs is 1. The van der Waals surface area contributed by atoms with Gasteiger partial charge in [0, 0.05) is 47.0 Å². The number of carbonyl (C=O) groups is 6. The van der Waals surface area contributed by atoms with Crippen molar-refractivity contribution in [2.24, 2.45) is 0 Å². The van der Waals surface area contributed by atoms with Crippen LogP contribution in [0.5, 0.6) is 11.5 Å². The van der Waals surface area contributed by atoms with Crippen LogP contribution in [-0.2, 0) is 23.9 Å². The summed E-state index contributed by atoms with van der Waals surface area (Å²) >= 11 is 2.60. The Morgan fingerprint density at radius 2 is 1.15 bits per heavy atom. The molecule has 0 aliphatic carbocycles. The third-order valence-electron chi connectivity index (χ3n) is 8.86. The van der Waals surface area contributed by atoms with E-state index in [1.54, 1.807) is 60.7 Å². The zero-order valence-corrected chi connectivity index (χ0v) is 31.3. The fraction of sp³-hybridized carbons (Fsp3) is 0.333. The minimum absolute atomic E-state index is 0.0125. The summed E-state index contributed by atoms with van der Waals surface area (Å²) in [7, 11) is 2.72. The largest absolute Gasteiger partial charge is 0.508 e. The van der Waals surface area contributed by atoms with E-state index in [9.17, 15) is 44.1 Å². The van der Waals surface area contributed by atoms with Crippen LogP contribution >= 0.6 is 45.1 Å². The van der Waals surface area contributed by atoms with E-state index in [0.29, 0.717) is 22.6 Å². The Morgan fingerprint density at radius 1 is 0.698 bits per heavy atom. The van der Waals surface area contributed by atoms with Crippen molar-refractivity contribution in [1.29, 1.82) is 0 Å². The molecule has 3 aliphatic heterocycles. The number of phenols is 2. The Bertz CT molecular complexity index is 1880. The van der Waals surface area contributed by atoms with Crippen molar-refractivity contribution in [1.82, 2.24) is 14.7 Å². The number of thioether (sulfide) groups is 2. The van der Waals surface area contributed by atoms with E-state index in [0.717, 1.165) is 4.90 Å². The van der Waals surface area contributed by atoms with Crippen molar-refractivity contribution in [2.75, 3.05) is 36.2 Å². The summed E-state index contributed by atoms with van der Waals surface area (Å²) in [6, 6.07) is 17.6. The van der Waals surface area contributed by atoms with Crippen molar-refractivity contribution in [3.63, 3.8) is 0 Å². The summed E-state index contributed by atoms with van der Waals surface area (Å²) < 4.78 is 5.51. The molecule has 0 radical (unpaired) electrons. The van der Waals surface area contributed by atoms with Crippen LogP contribution in [0.15, 0.2) is 72.8 Å². The molecule has 2 saturated heterocycles. The number of phenolic OH excluding ortho intramolecular Hbond substituents is 2. The molecule has 278 valence electrons. The number of para-hydroxylation sites is 2. The molecule has 0 spiro atoms. The number of aromatic hydroxyl groups is 2. The van der Waals surface area contributed by atoms with Crippen LogP contribution in [-0.4, -0.2) is 114 Å². The third-order valence-corrected chi connectivity index (χ3v) is 13.9. The van der Waals surface area contributed by atoms with E-state index >= 15 is 0 Å². The molecule has 6 rings (SSSR count). The maximum Gasteiger partial charge on any atom is 0.329 e. The first-order chi connectivity index (χ1) is 25.6. The number of esters is 1. The van der Waals surface area contributed by atoms with Gasteiger partial charge in [0.1, 0.15) is 40.9 Å². The van der Waals surface area contributed by atoms with Crippen LogP contribution in [0.3, 0.4) is 0 Å². The average molecular weight is 798 g/mol. The second-order valence-corrected chi connectivity index (χ2v) is 17.0. The zero-order valence-electron chi connectivity index (χ0n) is 28.1. The molecule has 3 aromatic rings. The van der Waals surface area contributed by atoms with E-state index in [4.69, 9.17) is 4.74 Å². The maximum atomic E-state index is 13.7. The van der Waals surface area contributed by atoms with Crippen LogP contribution in [0.25, 0.3) is 0 Å². The van der Waals surface area contributed by atoms with E-state index < -0.39 is 46.6 Å². The number of aliphatic carboxylic acids is 1. The molecule has 13 nitrogen and oxygen atoms in total. The number of carbonyl (C=O) groups excluding carboxylic acids is 5. The van der Waals surface area contributed by atoms with Gasteiger partial charge in [0.25, 0.3) is 11.8 Å². The minimum Gasteiger partial charge on any atom is -0.508 e. The number of hydrogen-bond donors (Lipinski definition) is 3. The number of carboxylic acid groups (broad SMARTS) is 1. The van der Waals surface area contributed by atoms with Crippen LogP contribution in [0, 0.1) is 0 Å². The lowest BCUT2D eigenvalue weighted by Crippen LogP contribution is -2.44. The predicted molar refractivity (Wildman–Crippen MR) is 202 cm³/mol. The van der Waals surface area contributed by atoms with Crippen molar-refractivity contribution >= 4 is 80.7 Å². The highest BCUT2D eigenvalue weighted by Crippen LogP contribution is 2.46. The Hall–Kier alpha value is -4.32. The number of nitrogens with zero attached hydrogens (tertiary/aromatic N) is 3. The van der Waals surface area contributed by atoms with Gasteiger partial charge < -0.3 is 29.9 Å². The summed E-state index contributed by atoms with van der Waals surface area (Å²) in [4.78, 5) is 81.5. The minimum atomic E-state index is -1.11. The second kappa shape index (κ2) is 17.2. The molecule has 0 aromatic heterocycles. The number of amides is 4. The molecule has 4 amide bonds. The van der Waals surface area contributed by atoms with Gasteiger partial charge in [-0.2, -0.15) is 0 Å². The number of hydrogen-bond acceptors (Lipinski definition) is 13. The fourth-order valence-corrected chi connectivity index (χ4v) is 11.2. The molecule has 3 aliphatic rings. The van der Waals surface area contributed by atoms with Crippen LogP contribution in [0.2, 0.25) is 0 Å². The first-order valence-corrected chi connectivity index (χ1v) is 21.2. The van der Waals surface area contributed by atoms with Gasteiger partial charge in [-0.1, -0.05) is 70.1 Å². The van der Waals surface area contributed by atoms with Gasteiger partial charge in [0.15, 0.2) is 0 Å². The number of rotatable bonds is 14. The van der Waals surface area contributed by atoms with Gasteiger partial charge in [-0.05, 0) is 24.3 Å². The molecule has 17 heteroatoms. The second-order valence-electron chi connectivity index (χ2n) is 12.1. The molecule has 53 heavy (non-hydrogen) atoms. The zero-order chi connectivity index (χ0) is 37.6. The molecule has 3 aromatic carbocycles. The number of carboxylic acids is 1. The topological polar surface area (TPSA) is 182 Å². The van der Waals surface area contributed by atoms with Gasteiger partial charge in [0.2, 0.25) is 11.8 Å². The van der Waals surface area contributed by atoms with E-state index in [1.165, 1.54) is 67.0 Å². The van der Waals surface area contributed by atoms with Crippen LogP contribution in [0.4, 0.5) is 0 Å². The van der Waals surface area contributed by atoms with Gasteiger partial charge >= 0.3 is 11.9 Å². The van der Waals surface area contributed by atoms with E-state index in [1.807, 2.05) is 0 Å². The van der Waals surface area contributed by atoms with Crippen molar-refractivity contribution in [3.8, 4) is 11.5 Å². The molecule has 0 bridgehead atoms. The molecule has 2 fully saturated rings. The van der Waals surface area contributed by atoms with Crippen LogP contribution < -0.4 is 0 Å². The Kier molecular flexibility index (Phi) is 12.5. The highest BCUT2D eigenvalue weighted by Gasteiger charge is 2.45. The van der Waals surface area contributed by atoms with Crippen molar-refractivity contribution < 1.29 is 48.8 Å². The van der Waals surface area contributed by atoms with Gasteiger partial charge in [-0.15, -0.1) is 23.5 Å². The molecule has 2 unspecified atom stereocenters.